The third-order valence-electron chi connectivity index (χ3n) is 3.12. The number of carbonyl (C=O) groups is 1. The minimum Gasteiger partial charge on any atom is -0.492 e. The van der Waals surface area contributed by atoms with Crippen molar-refractivity contribution >= 4 is 34.0 Å². The van der Waals surface area contributed by atoms with E-state index in [0.29, 0.717) is 25.1 Å². The maximum Gasteiger partial charge on any atom is 0.246 e. The van der Waals surface area contributed by atoms with E-state index in [1.165, 1.54) is 20.2 Å². The highest BCUT2D eigenvalue weighted by Gasteiger charge is 2.23. The molecule has 0 aliphatic rings. The van der Waals surface area contributed by atoms with E-state index >= 15 is 0 Å². The minimum atomic E-state index is -3.66. The van der Waals surface area contributed by atoms with Crippen molar-refractivity contribution in [3.63, 3.8) is 0 Å². The van der Waals surface area contributed by atoms with Crippen molar-refractivity contribution in [1.29, 1.82) is 0 Å². The van der Waals surface area contributed by atoms with Crippen LogP contribution in [0.5, 0.6) is 5.75 Å². The predicted molar refractivity (Wildman–Crippen MR) is 97.5 cm³/mol. The third kappa shape index (κ3) is 6.27. The molecular formula is C15H26ClN3O4S. The lowest BCUT2D eigenvalue weighted by Crippen LogP contribution is -2.23. The van der Waals surface area contributed by atoms with Gasteiger partial charge in [0.25, 0.3) is 0 Å². The lowest BCUT2D eigenvalue weighted by Gasteiger charge is -2.16. The van der Waals surface area contributed by atoms with E-state index < -0.39 is 10.0 Å². The molecule has 24 heavy (non-hydrogen) atoms. The zero-order valence-electron chi connectivity index (χ0n) is 14.5. The highest BCUT2D eigenvalue weighted by molar-refractivity contribution is 7.89. The van der Waals surface area contributed by atoms with Crippen molar-refractivity contribution < 1.29 is 17.9 Å². The van der Waals surface area contributed by atoms with Gasteiger partial charge >= 0.3 is 0 Å². The number of benzene rings is 1. The van der Waals surface area contributed by atoms with E-state index in [1.54, 1.807) is 19.1 Å². The molecule has 2 N–H and O–H groups in total. The summed E-state index contributed by atoms with van der Waals surface area (Å²) in [6.07, 6.45) is 1.08. The molecule has 9 heteroatoms. The van der Waals surface area contributed by atoms with Gasteiger partial charge in [0, 0.05) is 26.2 Å². The first-order chi connectivity index (χ1) is 10.8. The Morgan fingerprint density at radius 3 is 2.50 bits per heavy atom. The lowest BCUT2D eigenvalue weighted by molar-refractivity contribution is -0.116. The van der Waals surface area contributed by atoms with Crippen LogP contribution in [-0.4, -0.2) is 52.9 Å². The Hall–Kier alpha value is -1.35. The number of rotatable bonds is 9. The highest BCUT2D eigenvalue weighted by atomic mass is 35.5. The van der Waals surface area contributed by atoms with Gasteiger partial charge in [0.1, 0.15) is 10.6 Å². The molecule has 0 aliphatic carbocycles. The third-order valence-corrected chi connectivity index (χ3v) is 4.95. The van der Waals surface area contributed by atoms with Gasteiger partial charge in [-0.2, -0.15) is 0 Å². The summed E-state index contributed by atoms with van der Waals surface area (Å²) >= 11 is 0. The molecular weight excluding hydrogens is 354 g/mol. The molecule has 0 saturated carbocycles. The molecule has 0 radical (unpaired) electrons. The second kappa shape index (κ2) is 10.5. The van der Waals surface area contributed by atoms with Crippen LogP contribution >= 0.6 is 12.4 Å². The van der Waals surface area contributed by atoms with Crippen LogP contribution in [0.15, 0.2) is 23.1 Å². The van der Waals surface area contributed by atoms with Crippen LogP contribution in [-0.2, 0) is 14.8 Å². The molecule has 1 rings (SSSR count). The molecule has 0 fully saturated rings. The van der Waals surface area contributed by atoms with Crippen LogP contribution in [0.3, 0.4) is 0 Å². The van der Waals surface area contributed by atoms with E-state index in [4.69, 9.17) is 4.74 Å². The number of sulfonamides is 1. The van der Waals surface area contributed by atoms with Crippen LogP contribution in [0, 0.1) is 0 Å². The summed E-state index contributed by atoms with van der Waals surface area (Å²) in [6, 6.07) is 4.62. The van der Waals surface area contributed by atoms with Gasteiger partial charge in [-0.25, -0.2) is 12.7 Å². The fourth-order valence-corrected chi connectivity index (χ4v) is 2.96. The predicted octanol–water partition coefficient (Wildman–Crippen LogP) is 1.70. The maximum atomic E-state index is 12.4. The first-order valence-electron chi connectivity index (χ1n) is 7.46. The summed E-state index contributed by atoms with van der Waals surface area (Å²) in [5, 5.41) is 5.68. The molecule has 0 atom stereocenters. The number of halogens is 1. The zero-order chi connectivity index (χ0) is 17.5. The summed E-state index contributed by atoms with van der Waals surface area (Å²) in [6.45, 7) is 2.88. The van der Waals surface area contributed by atoms with Crippen molar-refractivity contribution in [3.05, 3.63) is 18.2 Å². The smallest absolute Gasteiger partial charge is 0.246 e. The summed E-state index contributed by atoms with van der Waals surface area (Å²) in [4.78, 5) is 11.9. The van der Waals surface area contributed by atoms with Gasteiger partial charge < -0.3 is 15.4 Å². The van der Waals surface area contributed by atoms with Crippen LogP contribution in [0.1, 0.15) is 19.8 Å². The van der Waals surface area contributed by atoms with Gasteiger partial charge in [0.05, 0.1) is 6.61 Å². The molecule has 1 aromatic rings. The number of nitrogens with one attached hydrogen (secondary N) is 2. The quantitative estimate of drug-likeness (QED) is 0.637. The topological polar surface area (TPSA) is 87.7 Å². The van der Waals surface area contributed by atoms with Crippen LogP contribution < -0.4 is 15.4 Å². The summed E-state index contributed by atoms with van der Waals surface area (Å²) in [5.41, 5.74) is 0.434. The number of carbonyl (C=O) groups excluding carboxylic acids is 1. The minimum absolute atomic E-state index is 0. The molecule has 1 aromatic carbocycles. The Kier molecular flexibility index (Phi) is 9.91. The van der Waals surface area contributed by atoms with Gasteiger partial charge in [0.2, 0.25) is 15.9 Å². The second-order valence-electron chi connectivity index (χ2n) is 5.14. The number of hydrogen-bond acceptors (Lipinski definition) is 5. The number of anilines is 1. The molecule has 0 unspecified atom stereocenters. The second-order valence-corrected chi connectivity index (χ2v) is 7.26. The number of ether oxygens (including phenoxy) is 1. The molecule has 0 aromatic heterocycles. The van der Waals surface area contributed by atoms with Gasteiger partial charge in [-0.1, -0.05) is 0 Å². The van der Waals surface area contributed by atoms with E-state index in [1.807, 2.05) is 7.05 Å². The van der Waals surface area contributed by atoms with Gasteiger partial charge in [0.15, 0.2) is 0 Å². The SMILES string of the molecule is CCOc1ccc(NC(=O)CCCNC)cc1S(=O)(=O)N(C)C.Cl. The summed E-state index contributed by atoms with van der Waals surface area (Å²) in [7, 11) is 1.07. The normalized spacial score (nSPS) is 11.0. The van der Waals surface area contributed by atoms with Crippen molar-refractivity contribution in [2.45, 2.75) is 24.7 Å². The maximum absolute atomic E-state index is 12.4. The Morgan fingerprint density at radius 2 is 1.96 bits per heavy atom. The molecule has 0 bridgehead atoms. The first kappa shape index (κ1) is 22.6. The number of amides is 1. The van der Waals surface area contributed by atoms with Crippen molar-refractivity contribution in [2.24, 2.45) is 0 Å². The standard InChI is InChI=1S/C15H25N3O4S.ClH/c1-5-22-13-9-8-12(17-15(19)7-6-10-16-2)11-14(13)23(20,21)18(3)4;/h8-9,11,16H,5-7,10H2,1-4H3,(H,17,19);1H. The van der Waals surface area contributed by atoms with Crippen LogP contribution in [0.25, 0.3) is 0 Å². The molecule has 138 valence electrons. The lowest BCUT2D eigenvalue weighted by atomic mass is 10.2. The zero-order valence-corrected chi connectivity index (χ0v) is 16.1. The van der Waals surface area contributed by atoms with Crippen molar-refractivity contribution in [3.8, 4) is 5.75 Å². The Labute approximate surface area is 150 Å². The van der Waals surface area contributed by atoms with Crippen molar-refractivity contribution in [2.75, 3.05) is 39.6 Å². The average molecular weight is 380 g/mol. The van der Waals surface area contributed by atoms with E-state index in [2.05, 4.69) is 10.6 Å². The molecule has 0 saturated heterocycles. The van der Waals surface area contributed by atoms with Gasteiger partial charge in [-0.05, 0) is 45.1 Å². The Balaban J connectivity index is 0.00000529. The van der Waals surface area contributed by atoms with Crippen molar-refractivity contribution in [1.82, 2.24) is 9.62 Å². The molecule has 0 aliphatic heterocycles. The molecule has 0 spiro atoms. The summed E-state index contributed by atoms with van der Waals surface area (Å²) < 4.78 is 31.3. The largest absolute Gasteiger partial charge is 0.492 e. The molecule has 0 heterocycles. The van der Waals surface area contributed by atoms with Gasteiger partial charge in [-0.3, -0.25) is 4.79 Å². The van der Waals surface area contributed by atoms with E-state index in [-0.39, 0.29) is 29.0 Å². The van der Waals surface area contributed by atoms with E-state index in [0.717, 1.165) is 10.8 Å². The fourth-order valence-electron chi connectivity index (χ4n) is 1.91. The number of hydrogen-bond donors (Lipinski definition) is 2. The fraction of sp³-hybridized carbons (Fsp3) is 0.533. The van der Waals surface area contributed by atoms with Crippen LogP contribution in [0.4, 0.5) is 5.69 Å². The average Bonchev–Trinajstić information content (AvgIpc) is 2.49. The monoisotopic (exact) mass is 379 g/mol. The summed E-state index contributed by atoms with van der Waals surface area (Å²) in [5.74, 6) is 0.118. The van der Waals surface area contributed by atoms with Gasteiger partial charge in [-0.15, -0.1) is 12.4 Å². The van der Waals surface area contributed by atoms with Crippen LogP contribution in [0.2, 0.25) is 0 Å². The molecule has 1 amide bonds. The number of nitrogens with zero attached hydrogens (tertiary/aromatic N) is 1. The molecule has 7 nitrogen and oxygen atoms in total. The van der Waals surface area contributed by atoms with E-state index in [9.17, 15) is 13.2 Å². The highest BCUT2D eigenvalue weighted by Crippen LogP contribution is 2.29. The Bertz CT molecular complexity index is 636. The Morgan fingerprint density at radius 1 is 1.29 bits per heavy atom. The first-order valence-corrected chi connectivity index (χ1v) is 8.90.